The molecule has 2 aromatic carbocycles. The third kappa shape index (κ3) is 5.01. The molecule has 0 aromatic heterocycles. The first kappa shape index (κ1) is 19.4. The largest absolute Gasteiger partial charge is 0.495 e. The third-order valence-electron chi connectivity index (χ3n) is 3.22. The summed E-state index contributed by atoms with van der Waals surface area (Å²) in [6.07, 6.45) is -1.08. The molecule has 1 amide bonds. The fourth-order valence-corrected chi connectivity index (χ4v) is 2.48. The molecule has 8 heteroatoms. The van der Waals surface area contributed by atoms with Crippen LogP contribution in [-0.2, 0) is 9.53 Å². The molecule has 132 valence electrons. The number of methoxy groups -OCH3 is 1. The Labute approximate surface area is 159 Å². The van der Waals surface area contributed by atoms with Crippen LogP contribution in [0.4, 0.5) is 5.69 Å². The fraction of sp³-hybridized carbons (Fsp3) is 0.176. The zero-order valence-corrected chi connectivity index (χ0v) is 15.6. The lowest BCUT2D eigenvalue weighted by molar-refractivity contribution is -0.123. The number of amides is 1. The van der Waals surface area contributed by atoms with Crippen LogP contribution >= 0.6 is 34.8 Å². The summed E-state index contributed by atoms with van der Waals surface area (Å²) < 4.78 is 10.3. The van der Waals surface area contributed by atoms with Crippen molar-refractivity contribution in [2.24, 2.45) is 0 Å². The lowest BCUT2D eigenvalue weighted by Gasteiger charge is -2.16. The van der Waals surface area contributed by atoms with Crippen molar-refractivity contribution in [3.8, 4) is 5.75 Å². The molecule has 0 aliphatic heterocycles. The van der Waals surface area contributed by atoms with E-state index in [1.54, 1.807) is 18.2 Å². The van der Waals surface area contributed by atoms with Crippen LogP contribution in [0.25, 0.3) is 0 Å². The van der Waals surface area contributed by atoms with Crippen molar-refractivity contribution in [1.29, 1.82) is 0 Å². The molecule has 25 heavy (non-hydrogen) atoms. The van der Waals surface area contributed by atoms with Crippen molar-refractivity contribution in [3.63, 3.8) is 0 Å². The van der Waals surface area contributed by atoms with Gasteiger partial charge >= 0.3 is 5.97 Å². The second-order valence-corrected chi connectivity index (χ2v) is 6.29. The van der Waals surface area contributed by atoms with Crippen LogP contribution in [0.1, 0.15) is 17.3 Å². The van der Waals surface area contributed by atoms with Gasteiger partial charge in [-0.2, -0.15) is 0 Å². The van der Waals surface area contributed by atoms with Crippen molar-refractivity contribution in [1.82, 2.24) is 0 Å². The summed E-state index contributed by atoms with van der Waals surface area (Å²) in [5.41, 5.74) is 0.442. The van der Waals surface area contributed by atoms with Gasteiger partial charge in [0.15, 0.2) is 6.10 Å². The molecule has 1 atom stereocenters. The number of rotatable bonds is 5. The highest BCUT2D eigenvalue weighted by molar-refractivity contribution is 6.35. The highest BCUT2D eigenvalue weighted by Gasteiger charge is 2.22. The SMILES string of the molecule is COc1ccc(Cl)cc1NC(=O)[C@@H](C)OC(=O)c1cc(Cl)ccc1Cl. The second kappa shape index (κ2) is 8.43. The summed E-state index contributed by atoms with van der Waals surface area (Å²) in [4.78, 5) is 24.4. The highest BCUT2D eigenvalue weighted by atomic mass is 35.5. The quantitative estimate of drug-likeness (QED) is 0.727. The van der Waals surface area contributed by atoms with Crippen LogP contribution in [0, 0.1) is 0 Å². The van der Waals surface area contributed by atoms with Gasteiger partial charge in [0, 0.05) is 10.0 Å². The topological polar surface area (TPSA) is 64.6 Å². The zero-order chi connectivity index (χ0) is 18.6. The number of carbonyl (C=O) groups is 2. The second-order valence-electron chi connectivity index (χ2n) is 5.01. The minimum Gasteiger partial charge on any atom is -0.495 e. The summed E-state index contributed by atoms with van der Waals surface area (Å²) in [6.45, 7) is 1.43. The van der Waals surface area contributed by atoms with E-state index in [9.17, 15) is 9.59 Å². The maximum atomic E-state index is 12.3. The fourth-order valence-electron chi connectivity index (χ4n) is 1.94. The zero-order valence-electron chi connectivity index (χ0n) is 13.3. The highest BCUT2D eigenvalue weighted by Crippen LogP contribution is 2.28. The summed E-state index contributed by atoms with van der Waals surface area (Å²) in [5, 5.41) is 3.53. The van der Waals surface area contributed by atoms with E-state index in [-0.39, 0.29) is 10.6 Å². The molecule has 0 aliphatic rings. The average Bonchev–Trinajstić information content (AvgIpc) is 2.57. The molecule has 1 N–H and O–H groups in total. The number of anilines is 1. The molecule has 2 rings (SSSR count). The van der Waals surface area contributed by atoms with E-state index in [1.807, 2.05) is 0 Å². The van der Waals surface area contributed by atoms with E-state index in [0.29, 0.717) is 21.5 Å². The van der Waals surface area contributed by atoms with Crippen LogP contribution in [0.2, 0.25) is 15.1 Å². The maximum absolute atomic E-state index is 12.3. The van der Waals surface area contributed by atoms with Crippen molar-refractivity contribution in [2.75, 3.05) is 12.4 Å². The summed E-state index contributed by atoms with van der Waals surface area (Å²) in [6, 6.07) is 9.16. The van der Waals surface area contributed by atoms with Gasteiger partial charge in [0.25, 0.3) is 5.91 Å². The number of ether oxygens (including phenoxy) is 2. The molecule has 0 heterocycles. The minimum absolute atomic E-state index is 0.0779. The van der Waals surface area contributed by atoms with Crippen molar-refractivity contribution < 1.29 is 19.1 Å². The molecule has 0 unspecified atom stereocenters. The number of nitrogens with one attached hydrogen (secondary N) is 1. The maximum Gasteiger partial charge on any atom is 0.340 e. The molecule has 0 spiro atoms. The first-order chi connectivity index (χ1) is 11.8. The Balaban J connectivity index is 2.09. The Morgan fingerprint density at radius 1 is 1.04 bits per heavy atom. The lowest BCUT2D eigenvalue weighted by Crippen LogP contribution is -2.30. The van der Waals surface area contributed by atoms with Gasteiger partial charge in [0.2, 0.25) is 0 Å². The molecule has 0 fully saturated rings. The Bertz CT molecular complexity index is 810. The molecule has 0 radical (unpaired) electrons. The Morgan fingerprint density at radius 3 is 2.36 bits per heavy atom. The number of hydrogen-bond acceptors (Lipinski definition) is 4. The van der Waals surface area contributed by atoms with Gasteiger partial charge in [-0.15, -0.1) is 0 Å². The Kier molecular flexibility index (Phi) is 6.53. The smallest absolute Gasteiger partial charge is 0.340 e. The molecular weight excluding hydrogens is 389 g/mol. The van der Waals surface area contributed by atoms with Gasteiger partial charge in [-0.1, -0.05) is 34.8 Å². The summed E-state index contributed by atoms with van der Waals surface area (Å²) in [7, 11) is 1.46. The van der Waals surface area contributed by atoms with Crippen molar-refractivity contribution >= 4 is 52.4 Å². The molecule has 0 aliphatic carbocycles. The minimum atomic E-state index is -1.08. The predicted molar refractivity (Wildman–Crippen MR) is 98.0 cm³/mol. The molecule has 5 nitrogen and oxygen atoms in total. The van der Waals surface area contributed by atoms with E-state index in [4.69, 9.17) is 44.3 Å². The first-order valence-corrected chi connectivity index (χ1v) is 8.25. The van der Waals surface area contributed by atoms with Gasteiger partial charge in [0.05, 0.1) is 23.4 Å². The third-order valence-corrected chi connectivity index (χ3v) is 4.02. The van der Waals surface area contributed by atoms with Crippen molar-refractivity contribution in [3.05, 3.63) is 57.0 Å². The van der Waals surface area contributed by atoms with Gasteiger partial charge in [-0.05, 0) is 43.3 Å². The van der Waals surface area contributed by atoms with Gasteiger partial charge in [-0.25, -0.2) is 4.79 Å². The molecule has 0 saturated carbocycles. The van der Waals surface area contributed by atoms with E-state index in [2.05, 4.69) is 5.32 Å². The number of carbonyl (C=O) groups excluding carboxylic acids is 2. The normalized spacial score (nSPS) is 11.6. The van der Waals surface area contributed by atoms with E-state index >= 15 is 0 Å². The monoisotopic (exact) mass is 401 g/mol. The number of hydrogen-bond donors (Lipinski definition) is 1. The molecule has 0 bridgehead atoms. The van der Waals surface area contributed by atoms with Crippen molar-refractivity contribution in [2.45, 2.75) is 13.0 Å². The molecule has 0 saturated heterocycles. The van der Waals surface area contributed by atoms with Crippen LogP contribution in [-0.4, -0.2) is 25.1 Å². The van der Waals surface area contributed by atoms with Gasteiger partial charge < -0.3 is 14.8 Å². The number of benzene rings is 2. The summed E-state index contributed by atoms with van der Waals surface area (Å²) in [5.74, 6) is -0.880. The molecule has 2 aromatic rings. The van der Waals surface area contributed by atoms with Crippen LogP contribution < -0.4 is 10.1 Å². The van der Waals surface area contributed by atoms with Gasteiger partial charge in [-0.3, -0.25) is 4.79 Å². The predicted octanol–water partition coefficient (Wildman–Crippen LogP) is 4.84. The number of esters is 1. The Morgan fingerprint density at radius 2 is 1.68 bits per heavy atom. The molecular formula is C17H14Cl3NO4. The van der Waals surface area contributed by atoms with E-state index < -0.39 is 18.0 Å². The van der Waals surface area contributed by atoms with E-state index in [1.165, 1.54) is 32.2 Å². The first-order valence-electron chi connectivity index (χ1n) is 7.12. The van der Waals surface area contributed by atoms with Gasteiger partial charge in [0.1, 0.15) is 5.75 Å². The van der Waals surface area contributed by atoms with Crippen LogP contribution in [0.3, 0.4) is 0 Å². The standard InChI is InChI=1S/C17H14Cl3NO4/c1-9(25-17(23)12-7-10(18)3-5-13(12)20)16(22)21-14-8-11(19)4-6-15(14)24-2/h3-9H,1-2H3,(H,21,22)/t9-/m1/s1. The lowest BCUT2D eigenvalue weighted by atomic mass is 10.2. The summed E-state index contributed by atoms with van der Waals surface area (Å²) >= 11 is 17.7. The van der Waals surface area contributed by atoms with E-state index in [0.717, 1.165) is 0 Å². The Hall–Kier alpha value is -1.95. The van der Waals surface area contributed by atoms with Crippen LogP contribution in [0.5, 0.6) is 5.75 Å². The number of halogens is 3. The van der Waals surface area contributed by atoms with Crippen LogP contribution in [0.15, 0.2) is 36.4 Å². The average molecular weight is 403 g/mol.